The molecule has 0 aromatic rings. The maximum Gasteiger partial charge on any atom is 0.233 e. The van der Waals surface area contributed by atoms with Crippen molar-refractivity contribution in [1.82, 2.24) is 10.2 Å². The Labute approximate surface area is 90.0 Å². The molecular weight excluding hydrogens is 192 g/mol. The molecule has 0 bridgehead atoms. The van der Waals surface area contributed by atoms with Gasteiger partial charge in [-0.25, -0.2) is 0 Å². The number of amides is 2. The standard InChI is InChI=1S/C11H18N2O2/c1-2-4-12-5-3-6-13-10(14)8-7-9(8)11(13)15/h8-9,12H,2-7H2,1H3. The lowest BCUT2D eigenvalue weighted by Crippen LogP contribution is -2.35. The molecule has 1 N–H and O–H groups in total. The Morgan fingerprint density at radius 1 is 1.27 bits per heavy atom. The minimum Gasteiger partial charge on any atom is -0.317 e. The number of likely N-dealkylation sites (tertiary alicyclic amines) is 1. The molecule has 2 atom stereocenters. The second kappa shape index (κ2) is 4.31. The lowest BCUT2D eigenvalue weighted by atomic mass is 10.3. The molecular formula is C11H18N2O2. The van der Waals surface area contributed by atoms with E-state index in [9.17, 15) is 9.59 Å². The van der Waals surface area contributed by atoms with Crippen molar-refractivity contribution in [3.63, 3.8) is 0 Å². The third kappa shape index (κ3) is 2.04. The third-order valence-electron chi connectivity index (χ3n) is 3.12. The molecule has 1 saturated carbocycles. The van der Waals surface area contributed by atoms with Crippen molar-refractivity contribution in [2.75, 3.05) is 19.6 Å². The van der Waals surface area contributed by atoms with Crippen molar-refractivity contribution >= 4 is 11.8 Å². The number of piperidine rings is 1. The Hall–Kier alpha value is -0.900. The zero-order valence-corrected chi connectivity index (χ0v) is 9.16. The van der Waals surface area contributed by atoms with Crippen LogP contribution < -0.4 is 5.32 Å². The highest BCUT2D eigenvalue weighted by Gasteiger charge is 2.58. The molecule has 1 saturated heterocycles. The molecule has 0 spiro atoms. The molecule has 2 aliphatic rings. The topological polar surface area (TPSA) is 49.4 Å². The molecule has 4 heteroatoms. The van der Waals surface area contributed by atoms with Crippen molar-refractivity contribution in [3.05, 3.63) is 0 Å². The van der Waals surface area contributed by atoms with Crippen LogP contribution in [0.3, 0.4) is 0 Å². The van der Waals surface area contributed by atoms with Crippen LogP contribution in [0.4, 0.5) is 0 Å². The van der Waals surface area contributed by atoms with Crippen LogP contribution in [0, 0.1) is 11.8 Å². The second-order valence-corrected chi connectivity index (χ2v) is 4.38. The van der Waals surface area contributed by atoms with E-state index in [1.807, 2.05) is 0 Å². The maximum atomic E-state index is 11.6. The Kier molecular flexibility index (Phi) is 3.05. The van der Waals surface area contributed by atoms with Gasteiger partial charge in [0.15, 0.2) is 0 Å². The summed E-state index contributed by atoms with van der Waals surface area (Å²) in [6.07, 6.45) is 2.80. The van der Waals surface area contributed by atoms with Crippen molar-refractivity contribution in [2.45, 2.75) is 26.2 Å². The van der Waals surface area contributed by atoms with E-state index in [1.54, 1.807) is 0 Å². The van der Waals surface area contributed by atoms with Crippen LogP contribution in [-0.2, 0) is 9.59 Å². The fraction of sp³-hybridized carbons (Fsp3) is 0.818. The predicted molar refractivity (Wildman–Crippen MR) is 56.1 cm³/mol. The Bertz CT molecular complexity index is 258. The maximum absolute atomic E-state index is 11.6. The summed E-state index contributed by atoms with van der Waals surface area (Å²) >= 11 is 0. The van der Waals surface area contributed by atoms with E-state index >= 15 is 0 Å². The molecule has 0 aromatic heterocycles. The van der Waals surface area contributed by atoms with Crippen LogP contribution in [0.25, 0.3) is 0 Å². The van der Waals surface area contributed by atoms with Gasteiger partial charge in [0.05, 0.1) is 11.8 Å². The number of hydrogen-bond donors (Lipinski definition) is 1. The van der Waals surface area contributed by atoms with E-state index in [2.05, 4.69) is 12.2 Å². The Morgan fingerprint density at radius 2 is 1.93 bits per heavy atom. The molecule has 1 heterocycles. The van der Waals surface area contributed by atoms with Crippen LogP contribution in [0.1, 0.15) is 26.2 Å². The van der Waals surface area contributed by atoms with Gasteiger partial charge in [0.25, 0.3) is 0 Å². The molecule has 2 fully saturated rings. The zero-order chi connectivity index (χ0) is 10.8. The van der Waals surface area contributed by atoms with Crippen LogP contribution in [0.5, 0.6) is 0 Å². The average molecular weight is 210 g/mol. The summed E-state index contributed by atoms with van der Waals surface area (Å²) in [5.74, 6) is 0.253. The molecule has 4 nitrogen and oxygen atoms in total. The Balaban J connectivity index is 1.67. The Morgan fingerprint density at radius 3 is 2.53 bits per heavy atom. The molecule has 84 valence electrons. The zero-order valence-electron chi connectivity index (χ0n) is 9.16. The molecule has 15 heavy (non-hydrogen) atoms. The number of nitrogens with one attached hydrogen (secondary N) is 1. The summed E-state index contributed by atoms with van der Waals surface area (Å²) in [7, 11) is 0. The minimum atomic E-state index is 0.0566. The number of imide groups is 1. The van der Waals surface area contributed by atoms with Crippen LogP contribution in [-0.4, -0.2) is 36.3 Å². The van der Waals surface area contributed by atoms with Gasteiger partial charge in [0, 0.05) is 6.54 Å². The van der Waals surface area contributed by atoms with E-state index in [-0.39, 0.29) is 23.7 Å². The van der Waals surface area contributed by atoms with E-state index in [4.69, 9.17) is 0 Å². The summed E-state index contributed by atoms with van der Waals surface area (Å²) in [5.41, 5.74) is 0. The van der Waals surface area contributed by atoms with Crippen molar-refractivity contribution in [2.24, 2.45) is 11.8 Å². The van der Waals surface area contributed by atoms with Crippen molar-refractivity contribution in [1.29, 1.82) is 0 Å². The van der Waals surface area contributed by atoms with Crippen molar-refractivity contribution < 1.29 is 9.59 Å². The highest BCUT2D eigenvalue weighted by Crippen LogP contribution is 2.46. The van der Waals surface area contributed by atoms with Crippen LogP contribution >= 0.6 is 0 Å². The van der Waals surface area contributed by atoms with Crippen LogP contribution in [0.2, 0.25) is 0 Å². The summed E-state index contributed by atoms with van der Waals surface area (Å²) in [6, 6.07) is 0. The lowest BCUT2D eigenvalue weighted by Gasteiger charge is -2.16. The summed E-state index contributed by atoms with van der Waals surface area (Å²) in [5, 5.41) is 3.26. The van der Waals surface area contributed by atoms with Gasteiger partial charge in [0.2, 0.25) is 11.8 Å². The minimum absolute atomic E-state index is 0.0566. The highest BCUT2D eigenvalue weighted by molar-refractivity contribution is 6.08. The van der Waals surface area contributed by atoms with Gasteiger partial charge in [-0.05, 0) is 32.4 Å². The van der Waals surface area contributed by atoms with E-state index < -0.39 is 0 Å². The molecule has 2 amide bonds. The monoisotopic (exact) mass is 210 g/mol. The van der Waals surface area contributed by atoms with E-state index in [0.717, 1.165) is 32.4 Å². The number of carbonyl (C=O) groups is 2. The summed E-state index contributed by atoms with van der Waals surface area (Å²) < 4.78 is 0. The third-order valence-corrected chi connectivity index (χ3v) is 3.12. The summed E-state index contributed by atoms with van der Waals surface area (Å²) in [4.78, 5) is 24.6. The fourth-order valence-corrected chi connectivity index (χ4v) is 2.13. The number of nitrogens with zero attached hydrogens (tertiary/aromatic N) is 1. The number of carbonyl (C=O) groups excluding carboxylic acids is 2. The first kappa shape index (κ1) is 10.6. The van der Waals surface area contributed by atoms with Gasteiger partial charge in [-0.15, -0.1) is 0 Å². The smallest absolute Gasteiger partial charge is 0.233 e. The SMILES string of the molecule is CCCNCCCN1C(=O)C2CC2C1=O. The molecule has 2 unspecified atom stereocenters. The highest BCUT2D eigenvalue weighted by atomic mass is 16.2. The van der Waals surface area contributed by atoms with Gasteiger partial charge in [-0.1, -0.05) is 6.92 Å². The van der Waals surface area contributed by atoms with Gasteiger partial charge < -0.3 is 5.32 Å². The van der Waals surface area contributed by atoms with Gasteiger partial charge in [-0.3, -0.25) is 14.5 Å². The van der Waals surface area contributed by atoms with Crippen molar-refractivity contribution in [3.8, 4) is 0 Å². The molecule has 1 aliphatic carbocycles. The number of fused-ring (bicyclic) bond motifs is 1. The molecule has 0 radical (unpaired) electrons. The van der Waals surface area contributed by atoms with Crippen LogP contribution in [0.15, 0.2) is 0 Å². The fourth-order valence-electron chi connectivity index (χ4n) is 2.13. The average Bonchev–Trinajstić information content (AvgIpc) is 2.97. The van der Waals surface area contributed by atoms with Gasteiger partial charge in [-0.2, -0.15) is 0 Å². The van der Waals surface area contributed by atoms with Gasteiger partial charge in [0.1, 0.15) is 0 Å². The quantitative estimate of drug-likeness (QED) is 0.509. The molecule has 2 rings (SSSR count). The molecule has 0 aromatic carbocycles. The summed E-state index contributed by atoms with van der Waals surface area (Å²) in [6.45, 7) is 4.61. The van der Waals surface area contributed by atoms with E-state index in [0.29, 0.717) is 6.54 Å². The first-order valence-electron chi connectivity index (χ1n) is 5.81. The normalized spacial score (nSPS) is 28.5. The second-order valence-electron chi connectivity index (χ2n) is 4.38. The van der Waals surface area contributed by atoms with Gasteiger partial charge >= 0.3 is 0 Å². The first-order chi connectivity index (χ1) is 7.25. The predicted octanol–water partition coefficient (Wildman–Crippen LogP) is 0.381. The first-order valence-corrected chi connectivity index (χ1v) is 5.81. The number of hydrogen-bond acceptors (Lipinski definition) is 3. The molecule has 1 aliphatic heterocycles. The van der Waals surface area contributed by atoms with E-state index in [1.165, 1.54) is 4.90 Å². The number of rotatable bonds is 6. The lowest BCUT2D eigenvalue weighted by molar-refractivity contribution is -0.141. The largest absolute Gasteiger partial charge is 0.317 e.